The largest absolute Gasteiger partial charge is 0.331 e. The van der Waals surface area contributed by atoms with Gasteiger partial charge in [0.15, 0.2) is 5.01 Å². The lowest BCUT2D eigenvalue weighted by molar-refractivity contribution is -0.139. The zero-order valence-corrected chi connectivity index (χ0v) is 13.3. The second-order valence-corrected chi connectivity index (χ2v) is 7.54. The molecule has 4 atom stereocenters. The highest BCUT2D eigenvalue weighted by molar-refractivity contribution is 7.11. The molecule has 6 heteroatoms. The van der Waals surface area contributed by atoms with Gasteiger partial charge in [-0.25, -0.2) is 4.98 Å². The van der Waals surface area contributed by atoms with Crippen molar-refractivity contribution in [1.29, 1.82) is 0 Å². The zero-order chi connectivity index (χ0) is 15.1. The molecule has 3 aliphatic rings. The minimum Gasteiger partial charge on any atom is -0.331 e. The van der Waals surface area contributed by atoms with Crippen LogP contribution in [-0.4, -0.2) is 46.2 Å². The van der Waals surface area contributed by atoms with Crippen LogP contribution in [0.4, 0.5) is 0 Å². The van der Waals surface area contributed by atoms with Gasteiger partial charge >= 0.3 is 0 Å². The SMILES string of the molecule is O=C(c1nccs1)[C@@H]1CCN1C(=O)[C@@H]1C[C@@H]2CCCC[C@@H]2N1. The Balaban J connectivity index is 1.42. The Morgan fingerprint density at radius 2 is 2.14 bits per heavy atom. The summed E-state index contributed by atoms with van der Waals surface area (Å²) in [4.78, 5) is 31.0. The molecule has 0 radical (unpaired) electrons. The van der Waals surface area contributed by atoms with Gasteiger partial charge in [-0.15, -0.1) is 11.3 Å². The maximum absolute atomic E-state index is 12.7. The van der Waals surface area contributed by atoms with E-state index in [9.17, 15) is 9.59 Å². The molecule has 22 heavy (non-hydrogen) atoms. The lowest BCUT2D eigenvalue weighted by Gasteiger charge is -2.40. The van der Waals surface area contributed by atoms with Crippen LogP contribution in [-0.2, 0) is 4.79 Å². The van der Waals surface area contributed by atoms with Gasteiger partial charge in [0.2, 0.25) is 11.7 Å². The van der Waals surface area contributed by atoms with Gasteiger partial charge in [-0.2, -0.15) is 0 Å². The Morgan fingerprint density at radius 1 is 1.27 bits per heavy atom. The van der Waals surface area contributed by atoms with Crippen LogP contribution in [0.1, 0.15) is 48.3 Å². The average molecular weight is 319 g/mol. The van der Waals surface area contributed by atoms with E-state index in [1.165, 1.54) is 37.0 Å². The monoisotopic (exact) mass is 319 g/mol. The quantitative estimate of drug-likeness (QED) is 0.864. The molecule has 4 rings (SSSR count). The molecule has 3 heterocycles. The van der Waals surface area contributed by atoms with Crippen LogP contribution in [0.15, 0.2) is 11.6 Å². The number of amides is 1. The number of ketones is 1. The summed E-state index contributed by atoms with van der Waals surface area (Å²) in [6.45, 7) is 0.703. The van der Waals surface area contributed by atoms with E-state index in [0.29, 0.717) is 23.5 Å². The second kappa shape index (κ2) is 5.74. The van der Waals surface area contributed by atoms with Crippen LogP contribution >= 0.6 is 11.3 Å². The standard InChI is InChI=1S/C16H21N3O2S/c20-14(15-17-6-8-22-15)13-5-7-19(13)16(21)12-9-10-3-1-2-4-11(10)18-12/h6,8,10-13,18H,1-5,7,9H2/t10-,11-,12-,13-/m0/s1. The number of nitrogens with zero attached hydrogens (tertiary/aromatic N) is 2. The van der Waals surface area contributed by atoms with Gasteiger partial charge in [-0.1, -0.05) is 12.8 Å². The van der Waals surface area contributed by atoms with Crippen molar-refractivity contribution in [2.75, 3.05) is 6.54 Å². The van der Waals surface area contributed by atoms with Gasteiger partial charge in [-0.05, 0) is 31.6 Å². The lowest BCUT2D eigenvalue weighted by atomic mass is 9.85. The molecule has 5 nitrogen and oxygen atoms in total. The number of carbonyl (C=O) groups is 2. The topological polar surface area (TPSA) is 62.3 Å². The van der Waals surface area contributed by atoms with Crippen molar-refractivity contribution in [3.63, 3.8) is 0 Å². The molecule has 0 unspecified atom stereocenters. The molecule has 1 N–H and O–H groups in total. The molecule has 0 bridgehead atoms. The summed E-state index contributed by atoms with van der Waals surface area (Å²) in [5, 5.41) is 5.85. The fourth-order valence-corrected chi connectivity index (χ4v) is 4.75. The van der Waals surface area contributed by atoms with Gasteiger partial charge in [0, 0.05) is 24.2 Å². The first kappa shape index (κ1) is 14.3. The average Bonchev–Trinajstić information content (AvgIpc) is 3.15. The third-order valence-electron chi connectivity index (χ3n) is 5.41. The zero-order valence-electron chi connectivity index (χ0n) is 12.5. The predicted octanol–water partition coefficient (Wildman–Crippen LogP) is 1.85. The van der Waals surface area contributed by atoms with E-state index in [-0.39, 0.29) is 23.8 Å². The van der Waals surface area contributed by atoms with Crippen molar-refractivity contribution in [1.82, 2.24) is 15.2 Å². The smallest absolute Gasteiger partial charge is 0.240 e. The fraction of sp³-hybridized carbons (Fsp3) is 0.688. The third kappa shape index (κ3) is 2.38. The molecule has 1 aliphatic carbocycles. The first-order chi connectivity index (χ1) is 10.7. The summed E-state index contributed by atoms with van der Waals surface area (Å²) in [7, 11) is 0. The van der Waals surface area contributed by atoms with Crippen LogP contribution < -0.4 is 5.32 Å². The summed E-state index contributed by atoms with van der Waals surface area (Å²) >= 11 is 1.36. The fourth-order valence-electron chi connectivity index (χ4n) is 4.12. The maximum atomic E-state index is 12.7. The number of thiazole rings is 1. The van der Waals surface area contributed by atoms with Crippen molar-refractivity contribution >= 4 is 23.0 Å². The Labute approximate surface area is 134 Å². The molecule has 2 aliphatic heterocycles. The highest BCUT2D eigenvalue weighted by atomic mass is 32.1. The van der Waals surface area contributed by atoms with Gasteiger partial charge in [0.1, 0.15) is 0 Å². The third-order valence-corrected chi connectivity index (χ3v) is 6.20. The van der Waals surface area contributed by atoms with Crippen LogP contribution in [0.25, 0.3) is 0 Å². The van der Waals surface area contributed by atoms with E-state index >= 15 is 0 Å². The Bertz CT molecular complexity index is 560. The lowest BCUT2D eigenvalue weighted by Crippen LogP contribution is -2.59. The maximum Gasteiger partial charge on any atom is 0.240 e. The van der Waals surface area contributed by atoms with E-state index in [2.05, 4.69) is 10.3 Å². The number of aromatic nitrogens is 1. The van der Waals surface area contributed by atoms with Gasteiger partial charge < -0.3 is 10.2 Å². The minimum atomic E-state index is -0.289. The summed E-state index contributed by atoms with van der Waals surface area (Å²) < 4.78 is 0. The Morgan fingerprint density at radius 3 is 2.82 bits per heavy atom. The van der Waals surface area contributed by atoms with E-state index in [4.69, 9.17) is 0 Å². The number of nitrogens with one attached hydrogen (secondary N) is 1. The number of Topliss-reactive ketones (excluding diaryl/α,β-unsaturated/α-hetero) is 1. The van der Waals surface area contributed by atoms with Crippen molar-refractivity contribution in [3.8, 4) is 0 Å². The summed E-state index contributed by atoms with van der Waals surface area (Å²) in [5.41, 5.74) is 0. The molecule has 3 fully saturated rings. The van der Waals surface area contributed by atoms with Crippen LogP contribution in [0.5, 0.6) is 0 Å². The summed E-state index contributed by atoms with van der Waals surface area (Å²) in [6.07, 6.45) is 8.34. The molecule has 2 saturated heterocycles. The van der Waals surface area contributed by atoms with E-state index in [1.54, 1.807) is 16.5 Å². The Hall–Kier alpha value is -1.27. The number of carbonyl (C=O) groups excluding carboxylic acids is 2. The molecule has 0 aromatic carbocycles. The summed E-state index contributed by atoms with van der Waals surface area (Å²) in [6, 6.07) is 0.139. The molecule has 1 saturated carbocycles. The predicted molar refractivity (Wildman–Crippen MR) is 83.8 cm³/mol. The van der Waals surface area contributed by atoms with E-state index in [0.717, 1.165) is 12.8 Å². The van der Waals surface area contributed by atoms with Crippen molar-refractivity contribution in [3.05, 3.63) is 16.6 Å². The number of hydrogen-bond donors (Lipinski definition) is 1. The molecular weight excluding hydrogens is 298 g/mol. The van der Waals surface area contributed by atoms with Crippen LogP contribution in [0.3, 0.4) is 0 Å². The van der Waals surface area contributed by atoms with Gasteiger partial charge in [0.05, 0.1) is 12.1 Å². The first-order valence-corrected chi connectivity index (χ1v) is 9.12. The molecule has 1 aromatic heterocycles. The first-order valence-electron chi connectivity index (χ1n) is 8.24. The molecule has 118 valence electrons. The van der Waals surface area contributed by atoms with Gasteiger partial charge in [-0.3, -0.25) is 9.59 Å². The number of fused-ring (bicyclic) bond motifs is 1. The minimum absolute atomic E-state index is 0.00464. The van der Waals surface area contributed by atoms with Gasteiger partial charge in [0.25, 0.3) is 0 Å². The number of hydrogen-bond acceptors (Lipinski definition) is 5. The molecule has 0 spiro atoms. The second-order valence-electron chi connectivity index (χ2n) is 6.64. The van der Waals surface area contributed by atoms with E-state index < -0.39 is 0 Å². The van der Waals surface area contributed by atoms with Crippen LogP contribution in [0.2, 0.25) is 0 Å². The van der Waals surface area contributed by atoms with Crippen molar-refractivity contribution in [2.24, 2.45) is 5.92 Å². The Kier molecular flexibility index (Phi) is 3.74. The van der Waals surface area contributed by atoms with E-state index in [1.807, 2.05) is 0 Å². The van der Waals surface area contributed by atoms with Crippen molar-refractivity contribution in [2.45, 2.75) is 56.7 Å². The number of rotatable bonds is 3. The highest BCUT2D eigenvalue weighted by Gasteiger charge is 2.45. The summed E-state index contributed by atoms with van der Waals surface area (Å²) in [5.74, 6) is 0.776. The van der Waals surface area contributed by atoms with Crippen LogP contribution in [0, 0.1) is 5.92 Å². The molecule has 1 aromatic rings. The number of likely N-dealkylation sites (tertiary alicyclic amines) is 1. The molecule has 1 amide bonds. The highest BCUT2D eigenvalue weighted by Crippen LogP contribution is 2.35. The molecular formula is C16H21N3O2S. The van der Waals surface area contributed by atoms with Crippen molar-refractivity contribution < 1.29 is 9.59 Å². The normalized spacial score (nSPS) is 34.1.